The smallest absolute Gasteiger partial charge is 0.159 e. The third-order valence-electron chi connectivity index (χ3n) is 4.62. The average molecular weight is 320 g/mol. The number of nitriles is 1. The molecular formula is C20H22N3O+. The van der Waals surface area contributed by atoms with Crippen molar-refractivity contribution in [2.45, 2.75) is 13.5 Å². The van der Waals surface area contributed by atoms with Crippen LogP contribution in [0.2, 0.25) is 0 Å². The van der Waals surface area contributed by atoms with E-state index in [2.05, 4.69) is 17.0 Å². The quantitative estimate of drug-likeness (QED) is 0.872. The highest BCUT2D eigenvalue weighted by molar-refractivity contribution is 5.94. The first kappa shape index (κ1) is 16.2. The Hall–Kier alpha value is -2.64. The molecule has 0 amide bonds. The predicted molar refractivity (Wildman–Crippen MR) is 94.2 cm³/mol. The summed E-state index contributed by atoms with van der Waals surface area (Å²) in [6, 6.07) is 18.0. The molecule has 0 aromatic heterocycles. The largest absolute Gasteiger partial charge is 0.360 e. The number of quaternary nitrogens is 1. The fourth-order valence-electron chi connectivity index (χ4n) is 3.20. The second kappa shape index (κ2) is 7.29. The highest BCUT2D eigenvalue weighted by atomic mass is 16.1. The van der Waals surface area contributed by atoms with Gasteiger partial charge in [0.25, 0.3) is 0 Å². The Bertz CT molecular complexity index is 753. The van der Waals surface area contributed by atoms with E-state index in [1.54, 1.807) is 11.8 Å². The first-order valence-electron chi connectivity index (χ1n) is 8.34. The molecule has 122 valence electrons. The van der Waals surface area contributed by atoms with E-state index >= 15 is 0 Å². The normalized spacial score (nSPS) is 15.1. The zero-order valence-electron chi connectivity index (χ0n) is 14.0. The van der Waals surface area contributed by atoms with Gasteiger partial charge in [0.1, 0.15) is 6.54 Å². The van der Waals surface area contributed by atoms with Gasteiger partial charge in [-0.15, -0.1) is 0 Å². The third-order valence-corrected chi connectivity index (χ3v) is 4.62. The second-order valence-electron chi connectivity index (χ2n) is 6.33. The van der Waals surface area contributed by atoms with Crippen LogP contribution >= 0.6 is 0 Å². The molecule has 1 N–H and O–H groups in total. The number of carbonyl (C=O) groups is 1. The van der Waals surface area contributed by atoms with Gasteiger partial charge in [-0.05, 0) is 43.3 Å². The fourth-order valence-corrected chi connectivity index (χ4v) is 3.20. The number of piperazine rings is 1. The van der Waals surface area contributed by atoms with Crippen LogP contribution in [0, 0.1) is 11.3 Å². The highest BCUT2D eigenvalue weighted by Gasteiger charge is 2.20. The number of hydrogen-bond donors (Lipinski definition) is 1. The summed E-state index contributed by atoms with van der Waals surface area (Å²) in [7, 11) is 0. The van der Waals surface area contributed by atoms with E-state index in [1.807, 2.05) is 42.5 Å². The van der Waals surface area contributed by atoms with Gasteiger partial charge in [0, 0.05) is 16.8 Å². The van der Waals surface area contributed by atoms with Crippen LogP contribution in [0.25, 0.3) is 0 Å². The summed E-state index contributed by atoms with van der Waals surface area (Å²) in [5.41, 5.74) is 3.91. The van der Waals surface area contributed by atoms with E-state index in [4.69, 9.17) is 5.26 Å². The number of anilines is 1. The molecule has 0 bridgehead atoms. The van der Waals surface area contributed by atoms with Gasteiger partial charge in [-0.2, -0.15) is 5.26 Å². The summed E-state index contributed by atoms with van der Waals surface area (Å²) < 4.78 is 0. The van der Waals surface area contributed by atoms with E-state index in [9.17, 15) is 4.79 Å². The summed E-state index contributed by atoms with van der Waals surface area (Å²) >= 11 is 0. The molecule has 0 radical (unpaired) electrons. The lowest BCUT2D eigenvalue weighted by atomic mass is 10.1. The van der Waals surface area contributed by atoms with Gasteiger partial charge < -0.3 is 9.80 Å². The number of rotatable bonds is 4. The SMILES string of the molecule is CC(=O)c1ccc(N2CC[NH+](Cc3cccc(C#N)c3)CC2)cc1. The number of Topliss-reactive ketones (excluding diaryl/α,β-unsaturated/α-hetero) is 1. The molecule has 24 heavy (non-hydrogen) atoms. The van der Waals surface area contributed by atoms with Crippen molar-refractivity contribution in [1.29, 1.82) is 5.26 Å². The number of carbonyl (C=O) groups excluding carboxylic acids is 1. The lowest BCUT2D eigenvalue weighted by molar-refractivity contribution is -0.914. The molecule has 1 heterocycles. The summed E-state index contributed by atoms with van der Waals surface area (Å²) in [6.07, 6.45) is 0. The zero-order chi connectivity index (χ0) is 16.9. The van der Waals surface area contributed by atoms with Crippen molar-refractivity contribution < 1.29 is 9.69 Å². The summed E-state index contributed by atoms with van der Waals surface area (Å²) in [6.45, 7) is 6.72. The Morgan fingerprint density at radius 2 is 1.88 bits per heavy atom. The standard InChI is InChI=1S/C20H21N3O/c1-16(24)19-5-7-20(8-6-19)23-11-9-22(10-12-23)15-18-4-2-3-17(13-18)14-21/h2-8,13H,9-12,15H2,1H3/p+1. The first-order chi connectivity index (χ1) is 11.7. The Morgan fingerprint density at radius 1 is 1.17 bits per heavy atom. The Kier molecular flexibility index (Phi) is 4.93. The lowest BCUT2D eigenvalue weighted by Gasteiger charge is -2.33. The predicted octanol–water partition coefficient (Wildman–Crippen LogP) is 1.67. The van der Waals surface area contributed by atoms with Crippen LogP contribution < -0.4 is 9.80 Å². The highest BCUT2D eigenvalue weighted by Crippen LogP contribution is 2.15. The average Bonchev–Trinajstić information content (AvgIpc) is 2.62. The summed E-state index contributed by atoms with van der Waals surface area (Å²) in [5, 5.41) is 9.00. The molecule has 4 heteroatoms. The third kappa shape index (κ3) is 3.81. The van der Waals surface area contributed by atoms with E-state index < -0.39 is 0 Å². The van der Waals surface area contributed by atoms with Gasteiger partial charge in [0.05, 0.1) is 37.8 Å². The maximum absolute atomic E-state index is 11.4. The van der Waals surface area contributed by atoms with Crippen LogP contribution in [0.5, 0.6) is 0 Å². The molecule has 0 aliphatic carbocycles. The number of nitrogens with one attached hydrogen (secondary N) is 1. The van der Waals surface area contributed by atoms with Crippen LogP contribution in [-0.2, 0) is 6.54 Å². The van der Waals surface area contributed by atoms with Gasteiger partial charge in [-0.3, -0.25) is 4.79 Å². The molecule has 1 fully saturated rings. The van der Waals surface area contributed by atoms with Crippen molar-refractivity contribution in [1.82, 2.24) is 0 Å². The lowest BCUT2D eigenvalue weighted by Crippen LogP contribution is -3.13. The van der Waals surface area contributed by atoms with Crippen LogP contribution in [0.15, 0.2) is 48.5 Å². The van der Waals surface area contributed by atoms with E-state index in [1.165, 1.54) is 11.3 Å². The molecule has 2 aromatic rings. The topological polar surface area (TPSA) is 48.5 Å². The maximum atomic E-state index is 11.4. The van der Waals surface area contributed by atoms with Gasteiger partial charge >= 0.3 is 0 Å². The van der Waals surface area contributed by atoms with Crippen molar-refractivity contribution in [3.63, 3.8) is 0 Å². The molecule has 1 saturated heterocycles. The van der Waals surface area contributed by atoms with E-state index in [0.29, 0.717) is 0 Å². The molecule has 2 aromatic carbocycles. The van der Waals surface area contributed by atoms with Crippen molar-refractivity contribution >= 4 is 11.5 Å². The maximum Gasteiger partial charge on any atom is 0.159 e. The molecular weight excluding hydrogens is 298 g/mol. The van der Waals surface area contributed by atoms with Crippen LogP contribution in [-0.4, -0.2) is 32.0 Å². The van der Waals surface area contributed by atoms with Gasteiger partial charge in [0.2, 0.25) is 0 Å². The van der Waals surface area contributed by atoms with Crippen LogP contribution in [0.1, 0.15) is 28.4 Å². The van der Waals surface area contributed by atoms with Gasteiger partial charge in [-0.25, -0.2) is 0 Å². The Labute approximate surface area is 142 Å². The Balaban J connectivity index is 1.57. The van der Waals surface area contributed by atoms with Crippen LogP contribution in [0.4, 0.5) is 5.69 Å². The minimum absolute atomic E-state index is 0.107. The van der Waals surface area contributed by atoms with Crippen LogP contribution in [0.3, 0.4) is 0 Å². The van der Waals surface area contributed by atoms with Crippen molar-refractivity contribution in [2.75, 3.05) is 31.1 Å². The molecule has 0 atom stereocenters. The number of hydrogen-bond acceptors (Lipinski definition) is 3. The minimum Gasteiger partial charge on any atom is -0.360 e. The molecule has 3 rings (SSSR count). The van der Waals surface area contributed by atoms with Gasteiger partial charge in [-0.1, -0.05) is 12.1 Å². The van der Waals surface area contributed by atoms with Crippen molar-refractivity contribution in [3.8, 4) is 6.07 Å². The minimum atomic E-state index is 0.107. The molecule has 1 aliphatic rings. The van der Waals surface area contributed by atoms with Crippen molar-refractivity contribution in [3.05, 3.63) is 65.2 Å². The second-order valence-corrected chi connectivity index (χ2v) is 6.33. The molecule has 0 spiro atoms. The van der Waals surface area contributed by atoms with Gasteiger partial charge in [0.15, 0.2) is 5.78 Å². The Morgan fingerprint density at radius 3 is 2.50 bits per heavy atom. The summed E-state index contributed by atoms with van der Waals surface area (Å²) in [4.78, 5) is 15.3. The number of ketones is 1. The molecule has 4 nitrogen and oxygen atoms in total. The van der Waals surface area contributed by atoms with E-state index in [-0.39, 0.29) is 5.78 Å². The van der Waals surface area contributed by atoms with Crippen molar-refractivity contribution in [2.24, 2.45) is 0 Å². The molecule has 0 saturated carbocycles. The fraction of sp³-hybridized carbons (Fsp3) is 0.300. The van der Waals surface area contributed by atoms with E-state index in [0.717, 1.165) is 43.9 Å². The first-order valence-corrected chi connectivity index (χ1v) is 8.34. The number of nitrogens with zero attached hydrogens (tertiary/aromatic N) is 2. The molecule has 0 unspecified atom stereocenters. The number of benzene rings is 2. The monoisotopic (exact) mass is 320 g/mol. The zero-order valence-corrected chi connectivity index (χ0v) is 14.0. The summed E-state index contributed by atoms with van der Waals surface area (Å²) in [5.74, 6) is 0.107. The molecule has 1 aliphatic heterocycles.